The van der Waals surface area contributed by atoms with Crippen molar-refractivity contribution in [2.45, 2.75) is 55.1 Å². The van der Waals surface area contributed by atoms with Crippen LogP contribution in [0.25, 0.3) is 0 Å². The van der Waals surface area contributed by atoms with Gasteiger partial charge in [0.15, 0.2) is 12.4 Å². The quantitative estimate of drug-likeness (QED) is 0.198. The Morgan fingerprint density at radius 2 is 1.62 bits per heavy atom. The largest absolute Gasteiger partial charge is 0.479 e. The molecule has 0 unspecified atom stereocenters. The van der Waals surface area contributed by atoms with Crippen molar-refractivity contribution < 1.29 is 60.2 Å². The van der Waals surface area contributed by atoms with E-state index >= 15 is 0 Å². The van der Waals surface area contributed by atoms with Crippen LogP contribution in [-0.2, 0) is 14.3 Å². The molecule has 1 aliphatic rings. The molecule has 0 saturated carbocycles. The lowest BCUT2D eigenvalue weighted by Gasteiger charge is -2.42. The highest BCUT2D eigenvalue weighted by Crippen LogP contribution is 2.24. The first-order valence-electron chi connectivity index (χ1n) is 6.99. The van der Waals surface area contributed by atoms with Gasteiger partial charge in [0.05, 0.1) is 13.2 Å². The van der Waals surface area contributed by atoms with Gasteiger partial charge in [-0.05, 0) is 0 Å². The molecule has 9 N–H and O–H groups in total. The SMILES string of the molecule is O=C(O)[C@H](O)[C@@H](O)[C@H](O[C@@H]1O[C@H](CO)[C@@H](O)[C@@H](O)[C@H]1O)[C@H](O)CO. The second-order valence-electron chi connectivity index (χ2n) is 5.32. The topological polar surface area (TPSA) is 218 Å². The van der Waals surface area contributed by atoms with Gasteiger partial charge in [-0.15, -0.1) is 0 Å². The zero-order valence-corrected chi connectivity index (χ0v) is 12.4. The van der Waals surface area contributed by atoms with Crippen LogP contribution in [0.5, 0.6) is 0 Å². The van der Waals surface area contributed by atoms with Gasteiger partial charge in [0.1, 0.15) is 42.7 Å². The summed E-state index contributed by atoms with van der Waals surface area (Å²) in [4.78, 5) is 10.7. The molecule has 24 heavy (non-hydrogen) atoms. The molecule has 0 spiro atoms. The molecule has 1 aliphatic heterocycles. The Morgan fingerprint density at radius 3 is 2.08 bits per heavy atom. The van der Waals surface area contributed by atoms with Crippen LogP contribution in [0.1, 0.15) is 0 Å². The van der Waals surface area contributed by atoms with E-state index in [1.54, 1.807) is 0 Å². The number of carbonyl (C=O) groups is 1. The van der Waals surface area contributed by atoms with Crippen molar-refractivity contribution in [2.24, 2.45) is 0 Å². The molecule has 0 aromatic carbocycles. The molecule has 0 amide bonds. The van der Waals surface area contributed by atoms with Crippen LogP contribution >= 0.6 is 0 Å². The van der Waals surface area contributed by atoms with E-state index in [-0.39, 0.29) is 0 Å². The summed E-state index contributed by atoms with van der Waals surface area (Å²) in [6, 6.07) is 0. The minimum Gasteiger partial charge on any atom is -0.479 e. The Kier molecular flexibility index (Phi) is 7.88. The lowest BCUT2D eigenvalue weighted by atomic mass is 9.98. The van der Waals surface area contributed by atoms with Crippen LogP contribution in [0.4, 0.5) is 0 Å². The summed E-state index contributed by atoms with van der Waals surface area (Å²) in [5, 5.41) is 84.5. The molecule has 1 fully saturated rings. The highest BCUT2D eigenvalue weighted by atomic mass is 16.7. The van der Waals surface area contributed by atoms with Crippen molar-refractivity contribution in [2.75, 3.05) is 13.2 Å². The summed E-state index contributed by atoms with van der Waals surface area (Å²) in [6.07, 6.45) is -16.9. The van der Waals surface area contributed by atoms with Gasteiger partial charge in [0, 0.05) is 0 Å². The van der Waals surface area contributed by atoms with E-state index in [4.69, 9.17) is 24.8 Å². The maximum absolute atomic E-state index is 10.7. The van der Waals surface area contributed by atoms with E-state index in [0.717, 1.165) is 0 Å². The third-order valence-corrected chi connectivity index (χ3v) is 3.62. The highest BCUT2D eigenvalue weighted by molar-refractivity contribution is 5.72. The number of aliphatic hydroxyl groups excluding tert-OH is 8. The van der Waals surface area contributed by atoms with E-state index in [2.05, 4.69) is 0 Å². The smallest absolute Gasteiger partial charge is 0.335 e. The van der Waals surface area contributed by atoms with Crippen LogP contribution in [0.3, 0.4) is 0 Å². The molecule has 12 heteroatoms. The average Bonchev–Trinajstić information content (AvgIpc) is 2.57. The van der Waals surface area contributed by atoms with E-state index in [0.29, 0.717) is 0 Å². The van der Waals surface area contributed by atoms with Crippen molar-refractivity contribution >= 4 is 5.97 Å². The number of hydrogen-bond donors (Lipinski definition) is 9. The van der Waals surface area contributed by atoms with Crippen molar-refractivity contribution in [1.82, 2.24) is 0 Å². The predicted molar refractivity (Wildman–Crippen MR) is 71.4 cm³/mol. The lowest BCUT2D eigenvalue weighted by molar-refractivity contribution is -0.326. The molecule has 9 atom stereocenters. The molecule has 1 heterocycles. The van der Waals surface area contributed by atoms with Crippen molar-refractivity contribution in [1.29, 1.82) is 0 Å². The van der Waals surface area contributed by atoms with Gasteiger partial charge in [0.25, 0.3) is 0 Å². The van der Waals surface area contributed by atoms with Gasteiger partial charge < -0.3 is 55.4 Å². The van der Waals surface area contributed by atoms with Crippen LogP contribution in [0.15, 0.2) is 0 Å². The van der Waals surface area contributed by atoms with Crippen LogP contribution in [0.2, 0.25) is 0 Å². The highest BCUT2D eigenvalue weighted by Gasteiger charge is 2.47. The standard InChI is InChI=1S/C12H22O12/c13-1-3(15)10(7(18)8(19)11(21)22)24-12-9(20)6(17)5(16)4(2-14)23-12/h3-10,12-20H,1-2H2,(H,21,22)/t3-,4-,5-,6-,7-,8-,9-,10-,12+/m1/s1. The number of carboxylic acid groups (broad SMARTS) is 1. The second kappa shape index (κ2) is 8.96. The Hall–Kier alpha value is -0.930. The monoisotopic (exact) mass is 358 g/mol. The maximum Gasteiger partial charge on any atom is 0.335 e. The molecule has 0 bridgehead atoms. The van der Waals surface area contributed by atoms with Gasteiger partial charge in [-0.2, -0.15) is 0 Å². The van der Waals surface area contributed by atoms with E-state index < -0.39 is 74.3 Å². The van der Waals surface area contributed by atoms with E-state index in [1.165, 1.54) is 0 Å². The Bertz CT molecular complexity index is 403. The molecule has 1 rings (SSSR count). The molecule has 0 aliphatic carbocycles. The van der Waals surface area contributed by atoms with Gasteiger partial charge in [-0.1, -0.05) is 0 Å². The van der Waals surface area contributed by atoms with Crippen LogP contribution in [0, 0.1) is 0 Å². The Labute approximate surface area is 135 Å². The van der Waals surface area contributed by atoms with E-state index in [9.17, 15) is 35.4 Å². The normalized spacial score (nSPS) is 35.9. The number of carboxylic acids is 1. The minimum atomic E-state index is -2.39. The molecule has 142 valence electrons. The number of ether oxygens (including phenoxy) is 2. The first-order chi connectivity index (χ1) is 11.1. The molecule has 1 saturated heterocycles. The fourth-order valence-electron chi connectivity index (χ4n) is 2.16. The fraction of sp³-hybridized carbons (Fsp3) is 0.917. The zero-order valence-electron chi connectivity index (χ0n) is 12.4. The first-order valence-corrected chi connectivity index (χ1v) is 6.99. The van der Waals surface area contributed by atoms with Gasteiger partial charge in [-0.25, -0.2) is 4.79 Å². The van der Waals surface area contributed by atoms with Gasteiger partial charge in [-0.3, -0.25) is 0 Å². The number of hydrogen-bond acceptors (Lipinski definition) is 11. The van der Waals surface area contributed by atoms with Gasteiger partial charge >= 0.3 is 5.97 Å². The zero-order chi connectivity index (χ0) is 18.6. The third kappa shape index (κ3) is 4.58. The van der Waals surface area contributed by atoms with Crippen LogP contribution in [-0.4, -0.2) is 120 Å². The number of aliphatic hydroxyl groups is 8. The summed E-state index contributed by atoms with van der Waals surface area (Å²) >= 11 is 0. The van der Waals surface area contributed by atoms with Crippen molar-refractivity contribution in [3.63, 3.8) is 0 Å². The Balaban J connectivity index is 2.94. The van der Waals surface area contributed by atoms with E-state index in [1.807, 2.05) is 0 Å². The molecule has 0 aromatic rings. The average molecular weight is 358 g/mol. The van der Waals surface area contributed by atoms with Crippen molar-refractivity contribution in [3.8, 4) is 0 Å². The second-order valence-corrected chi connectivity index (χ2v) is 5.32. The maximum atomic E-state index is 10.7. The molecular weight excluding hydrogens is 336 g/mol. The predicted octanol–water partition coefficient (Wildman–Crippen LogP) is -5.67. The summed E-state index contributed by atoms with van der Waals surface area (Å²) in [5.41, 5.74) is 0. The summed E-state index contributed by atoms with van der Waals surface area (Å²) in [5.74, 6) is -1.84. The van der Waals surface area contributed by atoms with Crippen LogP contribution < -0.4 is 0 Å². The number of aliphatic carboxylic acids is 1. The number of rotatable bonds is 8. The summed E-state index contributed by atoms with van der Waals surface area (Å²) in [7, 11) is 0. The third-order valence-electron chi connectivity index (χ3n) is 3.62. The first kappa shape index (κ1) is 21.1. The van der Waals surface area contributed by atoms with Crippen molar-refractivity contribution in [3.05, 3.63) is 0 Å². The molecule has 12 nitrogen and oxygen atoms in total. The molecular formula is C12H22O12. The van der Waals surface area contributed by atoms with Gasteiger partial charge in [0.2, 0.25) is 0 Å². The summed E-state index contributed by atoms with van der Waals surface area (Å²) < 4.78 is 9.98. The minimum absolute atomic E-state index is 0.766. The fourth-order valence-corrected chi connectivity index (χ4v) is 2.16. The molecule has 0 aromatic heterocycles. The lowest BCUT2D eigenvalue weighted by Crippen LogP contribution is -2.61. The summed E-state index contributed by atoms with van der Waals surface area (Å²) in [6.45, 7) is -1.76. The molecule has 0 radical (unpaired) electrons. The Morgan fingerprint density at radius 1 is 1.04 bits per heavy atom.